The van der Waals surface area contributed by atoms with E-state index in [0.717, 1.165) is 0 Å². The van der Waals surface area contributed by atoms with E-state index in [1.54, 1.807) is 0 Å². The number of benzene rings is 7. The van der Waals surface area contributed by atoms with E-state index in [4.69, 9.17) is 0 Å². The van der Waals surface area contributed by atoms with Crippen LogP contribution in [0.2, 0.25) is 0 Å². The van der Waals surface area contributed by atoms with E-state index in [1.165, 1.54) is 94.2 Å². The molecule has 52 heavy (non-hydrogen) atoms. The second-order valence-corrected chi connectivity index (χ2v) is 18.1. The molecular weight excluding hydrogens is 627 g/mol. The van der Waals surface area contributed by atoms with Gasteiger partial charge in [0.2, 0.25) is 0 Å². The monoisotopic (exact) mass is 677 g/mol. The fraction of sp³-hybridized carbons (Fsp3) is 0.255. The normalized spacial score (nSPS) is 12.8. The topological polar surface area (TPSA) is 3.24 Å². The van der Waals surface area contributed by atoms with Gasteiger partial charge >= 0.3 is 0 Å². The molecular formula is C51H51N. The van der Waals surface area contributed by atoms with Gasteiger partial charge in [0.1, 0.15) is 0 Å². The van der Waals surface area contributed by atoms with Gasteiger partial charge in [-0.05, 0) is 161 Å². The van der Waals surface area contributed by atoms with Gasteiger partial charge in [0.05, 0.1) is 0 Å². The SMILES string of the molecule is Cc1ccc(C(C)(C)C)cc1N(c1cccc(C(C)(C)C)c1)c1ccc2cc3c(cc2c1)-c1cc2ccc(-c4ccc(C(C)(C)C)cc4)cc2cc1-3. The number of aryl methyl sites for hydroxylation is 1. The summed E-state index contributed by atoms with van der Waals surface area (Å²) in [6, 6.07) is 48.7. The predicted octanol–water partition coefficient (Wildman–Crippen LogP) is 15.0. The molecule has 0 spiro atoms. The van der Waals surface area contributed by atoms with Crippen molar-refractivity contribution in [2.45, 2.75) is 85.5 Å². The van der Waals surface area contributed by atoms with Crippen molar-refractivity contribution in [1.29, 1.82) is 0 Å². The molecule has 0 atom stereocenters. The van der Waals surface area contributed by atoms with Crippen molar-refractivity contribution in [2.24, 2.45) is 0 Å². The van der Waals surface area contributed by atoms with Crippen LogP contribution in [0.4, 0.5) is 17.1 Å². The first-order valence-corrected chi connectivity index (χ1v) is 18.8. The molecule has 0 fully saturated rings. The molecule has 1 aliphatic rings. The Balaban J connectivity index is 1.20. The second kappa shape index (κ2) is 12.0. The molecule has 1 heteroatoms. The zero-order valence-corrected chi connectivity index (χ0v) is 32.6. The zero-order valence-electron chi connectivity index (χ0n) is 32.6. The van der Waals surface area contributed by atoms with Gasteiger partial charge in [0, 0.05) is 17.1 Å². The summed E-state index contributed by atoms with van der Waals surface area (Å²) in [5.74, 6) is 0. The lowest BCUT2D eigenvalue weighted by molar-refractivity contribution is 0.589. The van der Waals surface area contributed by atoms with Crippen LogP contribution >= 0.6 is 0 Å². The Morgan fingerprint density at radius 3 is 1.44 bits per heavy atom. The smallest absolute Gasteiger partial charge is 0.0493 e. The Bertz CT molecular complexity index is 2510. The van der Waals surface area contributed by atoms with Crippen LogP contribution in [0.5, 0.6) is 0 Å². The molecule has 1 nitrogen and oxygen atoms in total. The van der Waals surface area contributed by atoms with Crippen molar-refractivity contribution in [2.75, 3.05) is 4.90 Å². The fourth-order valence-corrected chi connectivity index (χ4v) is 7.75. The molecule has 0 bridgehead atoms. The molecule has 7 aromatic rings. The van der Waals surface area contributed by atoms with Gasteiger partial charge in [-0.2, -0.15) is 0 Å². The number of nitrogens with zero attached hydrogens (tertiary/aromatic N) is 1. The summed E-state index contributed by atoms with van der Waals surface area (Å²) in [6.45, 7) is 22.8. The number of hydrogen-bond acceptors (Lipinski definition) is 1. The average molecular weight is 678 g/mol. The molecule has 0 saturated carbocycles. The third-order valence-corrected chi connectivity index (χ3v) is 11.1. The molecule has 0 amide bonds. The Kier molecular flexibility index (Phi) is 7.81. The van der Waals surface area contributed by atoms with Crippen molar-refractivity contribution in [3.63, 3.8) is 0 Å². The van der Waals surface area contributed by atoms with Gasteiger partial charge in [-0.25, -0.2) is 0 Å². The van der Waals surface area contributed by atoms with Crippen molar-refractivity contribution >= 4 is 38.6 Å². The summed E-state index contributed by atoms with van der Waals surface area (Å²) in [6.07, 6.45) is 0. The van der Waals surface area contributed by atoms with Crippen molar-refractivity contribution in [3.05, 3.63) is 150 Å². The average Bonchev–Trinajstić information content (AvgIpc) is 3.10. The molecule has 8 rings (SSSR count). The molecule has 1 aliphatic carbocycles. The molecule has 7 aromatic carbocycles. The van der Waals surface area contributed by atoms with Gasteiger partial charge in [-0.15, -0.1) is 0 Å². The first-order valence-electron chi connectivity index (χ1n) is 18.8. The lowest BCUT2D eigenvalue weighted by atomic mass is 9.77. The number of anilines is 3. The van der Waals surface area contributed by atoms with Gasteiger partial charge in [0.25, 0.3) is 0 Å². The first kappa shape index (κ1) is 34.0. The Labute approximate surface area is 311 Å². The number of hydrogen-bond donors (Lipinski definition) is 0. The Morgan fingerprint density at radius 2 is 0.846 bits per heavy atom. The van der Waals surface area contributed by atoms with Crippen molar-refractivity contribution in [1.82, 2.24) is 0 Å². The Hall–Kier alpha value is -5.14. The highest BCUT2D eigenvalue weighted by Crippen LogP contribution is 2.51. The van der Waals surface area contributed by atoms with Crippen LogP contribution in [0.1, 0.15) is 84.6 Å². The summed E-state index contributed by atoms with van der Waals surface area (Å²) < 4.78 is 0. The highest BCUT2D eigenvalue weighted by Gasteiger charge is 2.26. The van der Waals surface area contributed by atoms with E-state index in [-0.39, 0.29) is 16.2 Å². The maximum absolute atomic E-state index is 2.47. The van der Waals surface area contributed by atoms with E-state index >= 15 is 0 Å². The predicted molar refractivity (Wildman–Crippen MR) is 227 cm³/mol. The van der Waals surface area contributed by atoms with E-state index in [9.17, 15) is 0 Å². The van der Waals surface area contributed by atoms with Crippen molar-refractivity contribution in [3.8, 4) is 33.4 Å². The molecule has 0 saturated heterocycles. The minimum Gasteiger partial charge on any atom is -0.310 e. The van der Waals surface area contributed by atoms with Crippen LogP contribution in [0.3, 0.4) is 0 Å². The number of fused-ring (bicyclic) bond motifs is 6. The highest BCUT2D eigenvalue weighted by atomic mass is 15.1. The second-order valence-electron chi connectivity index (χ2n) is 18.1. The summed E-state index contributed by atoms with van der Waals surface area (Å²) in [7, 11) is 0. The van der Waals surface area contributed by atoms with E-state index in [1.807, 2.05) is 0 Å². The molecule has 0 unspecified atom stereocenters. The van der Waals surface area contributed by atoms with Gasteiger partial charge < -0.3 is 4.90 Å². The van der Waals surface area contributed by atoms with Crippen LogP contribution in [-0.2, 0) is 16.2 Å². The fourth-order valence-electron chi connectivity index (χ4n) is 7.75. The lowest BCUT2D eigenvalue weighted by Gasteiger charge is -2.31. The first-order chi connectivity index (χ1) is 24.5. The maximum Gasteiger partial charge on any atom is 0.0493 e. The quantitative estimate of drug-likeness (QED) is 0.179. The summed E-state index contributed by atoms with van der Waals surface area (Å²) in [4.78, 5) is 2.47. The third kappa shape index (κ3) is 6.01. The van der Waals surface area contributed by atoms with E-state index < -0.39 is 0 Å². The minimum atomic E-state index is 0.0455. The van der Waals surface area contributed by atoms with E-state index in [0.29, 0.717) is 0 Å². The maximum atomic E-state index is 2.47. The molecule has 0 heterocycles. The van der Waals surface area contributed by atoms with Crippen LogP contribution < -0.4 is 4.90 Å². The third-order valence-electron chi connectivity index (χ3n) is 11.1. The van der Waals surface area contributed by atoms with Crippen molar-refractivity contribution < 1.29 is 0 Å². The van der Waals surface area contributed by atoms with Gasteiger partial charge in [-0.3, -0.25) is 0 Å². The zero-order chi connectivity index (χ0) is 36.7. The van der Waals surface area contributed by atoms with Gasteiger partial charge in [-0.1, -0.05) is 129 Å². The van der Waals surface area contributed by atoms with Crippen LogP contribution in [0.15, 0.2) is 127 Å². The van der Waals surface area contributed by atoms with Gasteiger partial charge in [0.15, 0.2) is 0 Å². The standard InChI is InChI=1S/C51H51N/c1-32-14-20-41(51(8,9)10)31-48(32)52(42-13-11-12-40(30-42)50(5,6)7)43-23-19-36-27-45-46-28-37-24-34(33-17-21-39(22-18-33)49(2,3)4)15-16-35(37)26-44(46)47(45)29-38(36)25-43/h11-31H,1-10H3. The van der Waals surface area contributed by atoms with Crippen LogP contribution in [0.25, 0.3) is 54.9 Å². The lowest BCUT2D eigenvalue weighted by Crippen LogP contribution is -2.17. The summed E-state index contributed by atoms with van der Waals surface area (Å²) in [5, 5.41) is 5.10. The molecule has 0 radical (unpaired) electrons. The van der Waals surface area contributed by atoms with Crippen LogP contribution in [0, 0.1) is 6.92 Å². The largest absolute Gasteiger partial charge is 0.310 e. The molecule has 260 valence electrons. The molecule has 0 aromatic heterocycles. The minimum absolute atomic E-state index is 0.0455. The molecule has 0 aliphatic heterocycles. The summed E-state index contributed by atoms with van der Waals surface area (Å²) in [5.41, 5.74) is 17.0. The van der Waals surface area contributed by atoms with E-state index in [2.05, 4.69) is 202 Å². The highest BCUT2D eigenvalue weighted by molar-refractivity contribution is 6.12. The Morgan fingerprint density at radius 1 is 0.365 bits per heavy atom. The summed E-state index contributed by atoms with van der Waals surface area (Å²) >= 11 is 0. The molecule has 0 N–H and O–H groups in total. The number of rotatable bonds is 4. The van der Waals surface area contributed by atoms with Crippen LogP contribution in [-0.4, -0.2) is 0 Å².